The topological polar surface area (TPSA) is 117 Å². The molecule has 2 atom stereocenters. The molecular formula is C34H32FN3O7. The number of nitrogens with zero attached hydrogens (tertiary/aromatic N) is 3. The maximum absolute atomic E-state index is 15.5. The van der Waals surface area contributed by atoms with Crippen molar-refractivity contribution in [2.45, 2.75) is 76.7 Å². The summed E-state index contributed by atoms with van der Waals surface area (Å²) in [5.41, 5.74) is 1.46. The molecule has 232 valence electrons. The summed E-state index contributed by atoms with van der Waals surface area (Å²) in [5, 5.41) is 11.6. The molecule has 7 rings (SSSR count). The summed E-state index contributed by atoms with van der Waals surface area (Å²) in [6.45, 7) is 7.58. The zero-order valence-corrected chi connectivity index (χ0v) is 25.5. The van der Waals surface area contributed by atoms with E-state index in [-0.39, 0.29) is 42.6 Å². The predicted octanol–water partition coefficient (Wildman–Crippen LogP) is 4.07. The number of carbonyl (C=O) groups excluding carboxylic acids is 4. The van der Waals surface area contributed by atoms with Gasteiger partial charge in [0, 0.05) is 46.1 Å². The van der Waals surface area contributed by atoms with Crippen molar-refractivity contribution < 1.29 is 38.1 Å². The van der Waals surface area contributed by atoms with Gasteiger partial charge < -0.3 is 24.4 Å². The lowest BCUT2D eigenvalue weighted by molar-refractivity contribution is 0.0124. The Kier molecular flexibility index (Phi) is 6.42. The van der Waals surface area contributed by atoms with Crippen LogP contribution in [-0.2, 0) is 23.9 Å². The zero-order chi connectivity index (χ0) is 32.0. The van der Waals surface area contributed by atoms with E-state index in [0.717, 1.165) is 12.8 Å². The number of anilines is 1. The second kappa shape index (κ2) is 9.93. The molecule has 0 bridgehead atoms. The Morgan fingerprint density at radius 1 is 1.16 bits per heavy atom. The average Bonchev–Trinajstić information content (AvgIpc) is 3.75. The minimum atomic E-state index is -1.84. The van der Waals surface area contributed by atoms with E-state index in [1.54, 1.807) is 49.5 Å². The third-order valence-electron chi connectivity index (χ3n) is 9.38. The van der Waals surface area contributed by atoms with Crippen LogP contribution in [0, 0.1) is 5.82 Å². The molecule has 11 heteroatoms. The highest BCUT2D eigenvalue weighted by Gasteiger charge is 2.51. The monoisotopic (exact) mass is 613 g/mol. The van der Waals surface area contributed by atoms with Crippen LogP contribution >= 0.6 is 0 Å². The summed E-state index contributed by atoms with van der Waals surface area (Å²) in [4.78, 5) is 55.9. The summed E-state index contributed by atoms with van der Waals surface area (Å²) < 4.78 is 26.8. The maximum Gasteiger partial charge on any atom is 0.411 e. The molecule has 1 fully saturated rings. The van der Waals surface area contributed by atoms with Crippen molar-refractivity contribution in [3.05, 3.63) is 74.7 Å². The van der Waals surface area contributed by atoms with Crippen LogP contribution in [0.4, 0.5) is 14.9 Å². The first-order chi connectivity index (χ1) is 21.4. The van der Waals surface area contributed by atoms with E-state index < -0.39 is 29.2 Å². The first kappa shape index (κ1) is 29.1. The Balaban J connectivity index is 1.38. The van der Waals surface area contributed by atoms with Crippen molar-refractivity contribution in [1.29, 1.82) is 0 Å². The lowest BCUT2D eigenvalue weighted by Gasteiger charge is -2.44. The summed E-state index contributed by atoms with van der Waals surface area (Å²) in [7, 11) is 0. The molecule has 0 aromatic heterocycles. The molecule has 1 aromatic rings. The van der Waals surface area contributed by atoms with Crippen LogP contribution < -0.4 is 4.90 Å². The average molecular weight is 614 g/mol. The molecule has 45 heavy (non-hydrogen) atoms. The third kappa shape index (κ3) is 4.20. The van der Waals surface area contributed by atoms with Gasteiger partial charge in [0.1, 0.15) is 29.7 Å². The maximum atomic E-state index is 15.5. The molecule has 0 spiro atoms. The number of hydrogen-bond acceptors (Lipinski definition) is 9. The van der Waals surface area contributed by atoms with Crippen LogP contribution in [-0.4, -0.2) is 75.8 Å². The molecule has 1 unspecified atom stereocenters. The number of aliphatic hydroxyl groups is 1. The van der Waals surface area contributed by atoms with Crippen LogP contribution in [0.25, 0.3) is 5.57 Å². The fourth-order valence-corrected chi connectivity index (χ4v) is 7.32. The van der Waals surface area contributed by atoms with Crippen LogP contribution in [0.2, 0.25) is 0 Å². The second-order valence-corrected chi connectivity index (χ2v) is 13.2. The number of amides is 1. The van der Waals surface area contributed by atoms with E-state index in [2.05, 4.69) is 0 Å². The van der Waals surface area contributed by atoms with E-state index in [1.165, 1.54) is 12.1 Å². The van der Waals surface area contributed by atoms with Crippen molar-refractivity contribution in [3.63, 3.8) is 0 Å². The largest absolute Gasteiger partial charge is 0.479 e. The molecule has 1 N–H and O–H groups in total. The Morgan fingerprint density at radius 3 is 2.53 bits per heavy atom. The molecule has 5 aliphatic heterocycles. The van der Waals surface area contributed by atoms with Crippen molar-refractivity contribution in [3.8, 4) is 0 Å². The van der Waals surface area contributed by atoms with Gasteiger partial charge in [0.25, 0.3) is 0 Å². The minimum Gasteiger partial charge on any atom is -0.479 e. The van der Waals surface area contributed by atoms with Crippen LogP contribution in [0.1, 0.15) is 70.5 Å². The van der Waals surface area contributed by atoms with E-state index in [9.17, 15) is 24.3 Å². The van der Waals surface area contributed by atoms with Crippen LogP contribution in [0.5, 0.6) is 0 Å². The van der Waals surface area contributed by atoms with Crippen molar-refractivity contribution >= 4 is 35.2 Å². The fourth-order valence-electron chi connectivity index (χ4n) is 7.32. The van der Waals surface area contributed by atoms with Gasteiger partial charge in [0.2, 0.25) is 5.76 Å². The van der Waals surface area contributed by atoms with Crippen molar-refractivity contribution in [1.82, 2.24) is 9.80 Å². The van der Waals surface area contributed by atoms with E-state index >= 15 is 4.39 Å². The van der Waals surface area contributed by atoms with Gasteiger partial charge in [-0.05, 0) is 64.7 Å². The van der Waals surface area contributed by atoms with Gasteiger partial charge >= 0.3 is 6.09 Å². The molecular weight excluding hydrogens is 581 g/mol. The molecule has 10 nitrogen and oxygen atoms in total. The highest BCUT2D eigenvalue weighted by molar-refractivity contribution is 6.07. The lowest BCUT2D eigenvalue weighted by atomic mass is 9.79. The normalized spacial score (nSPS) is 24.9. The molecule has 1 amide bonds. The molecule has 0 radical (unpaired) electrons. The van der Waals surface area contributed by atoms with Gasteiger partial charge in [0.05, 0.1) is 29.5 Å². The smallest absolute Gasteiger partial charge is 0.411 e. The van der Waals surface area contributed by atoms with Crippen LogP contribution in [0.15, 0.2) is 57.8 Å². The summed E-state index contributed by atoms with van der Waals surface area (Å²) in [5.74, 6) is 4.87. The van der Waals surface area contributed by atoms with Gasteiger partial charge in [0.15, 0.2) is 17.5 Å². The summed E-state index contributed by atoms with van der Waals surface area (Å²) in [6.07, 6.45) is 3.38. The number of fused-ring (bicyclic) bond motifs is 3. The van der Waals surface area contributed by atoms with Gasteiger partial charge in [-0.2, -0.15) is 0 Å². The fraction of sp³-hybridized carbons (Fsp3) is 0.441. The highest BCUT2D eigenvalue weighted by Crippen LogP contribution is 2.56. The highest BCUT2D eigenvalue weighted by atomic mass is 19.1. The molecule has 1 saturated carbocycles. The van der Waals surface area contributed by atoms with E-state index in [1.807, 2.05) is 16.8 Å². The second-order valence-electron chi connectivity index (χ2n) is 13.2. The summed E-state index contributed by atoms with van der Waals surface area (Å²) in [6, 6.07) is 2.22. The number of ether oxygens (including phenoxy) is 2. The standard InChI is InChI=1S/C34H32FN3O7/c1-5-34(43)24-12-26-30-22(14-39)20-10-18(35)11-21-25(38(19-6-7-19)32(42)45-33(2,3)4)8-9-36(31(20)21)27(30)13-37(26)28(15-40)23(24)17-44-29(34)16-41/h10-12,19,25,43H,5-9,13,17H2,1-4H3/t25?,34-/m0/s1. The Morgan fingerprint density at radius 2 is 1.91 bits per heavy atom. The van der Waals surface area contributed by atoms with Crippen molar-refractivity contribution in [2.75, 3.05) is 24.6 Å². The van der Waals surface area contributed by atoms with Crippen molar-refractivity contribution in [2.24, 2.45) is 0 Å². The van der Waals surface area contributed by atoms with E-state index in [4.69, 9.17) is 9.47 Å². The lowest BCUT2D eigenvalue weighted by Crippen LogP contribution is -2.45. The van der Waals surface area contributed by atoms with Gasteiger partial charge in [-0.25, -0.2) is 23.6 Å². The molecule has 5 heterocycles. The Bertz CT molecular complexity index is 1830. The Hall–Kier alpha value is -4.65. The predicted molar refractivity (Wildman–Crippen MR) is 160 cm³/mol. The number of rotatable bonds is 3. The SMILES string of the molecule is CC[C@@]1(O)C(=C=O)OCC2=C1C=C1C3=C(CN1C2=C=O)N1CCC(N(C(=O)OC(C)(C)C)C2CC2)c2cc(F)cc(c21)C3=C=O. The first-order valence-corrected chi connectivity index (χ1v) is 15.2. The third-order valence-corrected chi connectivity index (χ3v) is 9.38. The first-order valence-electron chi connectivity index (χ1n) is 15.2. The number of hydrogen-bond donors (Lipinski definition) is 1. The van der Waals surface area contributed by atoms with Gasteiger partial charge in [-0.1, -0.05) is 6.92 Å². The zero-order valence-electron chi connectivity index (χ0n) is 25.5. The molecule has 6 aliphatic rings. The minimum absolute atomic E-state index is 0.0251. The quantitative estimate of drug-likeness (QED) is 0.504. The van der Waals surface area contributed by atoms with Gasteiger partial charge in [-0.15, -0.1) is 0 Å². The number of halogens is 1. The number of benzene rings is 1. The molecule has 1 aromatic carbocycles. The Labute approximate surface area is 259 Å². The molecule has 0 saturated heterocycles. The number of carbonyl (C=O) groups is 1. The number of allylic oxidation sites excluding steroid dienone is 1. The molecule has 1 aliphatic carbocycles. The van der Waals surface area contributed by atoms with Gasteiger partial charge in [-0.3, -0.25) is 4.90 Å². The van der Waals surface area contributed by atoms with Crippen LogP contribution in [0.3, 0.4) is 0 Å². The summed E-state index contributed by atoms with van der Waals surface area (Å²) >= 11 is 0. The van der Waals surface area contributed by atoms with E-state index in [0.29, 0.717) is 57.9 Å².